The molecule has 5 nitrogen and oxygen atoms in total. The second-order valence-electron chi connectivity index (χ2n) is 7.36. The summed E-state index contributed by atoms with van der Waals surface area (Å²) in [6.45, 7) is 7.36. The number of hydrogen-bond acceptors (Lipinski definition) is 3. The fraction of sp³-hybridized carbons (Fsp3) is 0.650. The molecule has 0 spiro atoms. The number of carbonyl (C=O) groups is 1. The van der Waals surface area contributed by atoms with E-state index in [-0.39, 0.29) is 12.1 Å². The van der Waals surface area contributed by atoms with Gasteiger partial charge in [0, 0.05) is 18.5 Å². The van der Waals surface area contributed by atoms with Gasteiger partial charge in [-0.2, -0.15) is 0 Å². The number of nitrogens with zero attached hydrogens (tertiary/aromatic N) is 1. The molecule has 0 aromatic heterocycles. The van der Waals surface area contributed by atoms with Crippen LogP contribution in [-0.2, 0) is 0 Å². The number of likely N-dealkylation sites (tertiary alicyclic amines) is 1. The maximum Gasteiger partial charge on any atom is 0.315 e. The van der Waals surface area contributed by atoms with E-state index in [0.29, 0.717) is 6.61 Å². The lowest BCUT2D eigenvalue weighted by Gasteiger charge is -2.30. The number of carbonyl (C=O) groups excluding carboxylic acids is 1. The van der Waals surface area contributed by atoms with Gasteiger partial charge in [-0.05, 0) is 57.3 Å². The first-order chi connectivity index (χ1) is 12.2. The molecule has 2 aliphatic heterocycles. The van der Waals surface area contributed by atoms with Crippen LogP contribution in [0.25, 0.3) is 0 Å². The van der Waals surface area contributed by atoms with Crippen molar-refractivity contribution in [2.75, 3.05) is 32.8 Å². The molecule has 2 N–H and O–H groups in total. The summed E-state index contributed by atoms with van der Waals surface area (Å²) in [6.07, 6.45) is 5.65. The quantitative estimate of drug-likeness (QED) is 0.778. The zero-order chi connectivity index (χ0) is 17.5. The smallest absolute Gasteiger partial charge is 0.315 e. The van der Waals surface area contributed by atoms with E-state index >= 15 is 0 Å². The molecule has 0 radical (unpaired) electrons. The molecule has 0 bridgehead atoms. The van der Waals surface area contributed by atoms with E-state index in [4.69, 9.17) is 4.74 Å². The van der Waals surface area contributed by atoms with Crippen LogP contribution in [-0.4, -0.2) is 43.7 Å². The summed E-state index contributed by atoms with van der Waals surface area (Å²) in [6, 6.07) is 7.90. The number of fused-ring (bicyclic) bond motifs is 1. The average molecular weight is 345 g/mol. The third-order valence-corrected chi connectivity index (χ3v) is 5.33. The van der Waals surface area contributed by atoms with Crippen molar-refractivity contribution in [3.05, 3.63) is 29.8 Å². The van der Waals surface area contributed by atoms with Crippen LogP contribution >= 0.6 is 0 Å². The van der Waals surface area contributed by atoms with Crippen LogP contribution in [0.2, 0.25) is 0 Å². The Kier molecular flexibility index (Phi) is 6.56. The van der Waals surface area contributed by atoms with Gasteiger partial charge in [-0.3, -0.25) is 0 Å². The summed E-state index contributed by atoms with van der Waals surface area (Å²) >= 11 is 0. The fourth-order valence-corrected chi connectivity index (χ4v) is 3.65. The Bertz CT molecular complexity index is 556. The second-order valence-corrected chi connectivity index (χ2v) is 7.36. The predicted molar refractivity (Wildman–Crippen MR) is 99.9 cm³/mol. The van der Waals surface area contributed by atoms with Gasteiger partial charge >= 0.3 is 6.03 Å². The Balaban J connectivity index is 1.31. The summed E-state index contributed by atoms with van der Waals surface area (Å²) < 4.78 is 5.64. The summed E-state index contributed by atoms with van der Waals surface area (Å²) in [7, 11) is 0. The van der Waals surface area contributed by atoms with E-state index in [2.05, 4.69) is 22.5 Å². The number of hydrogen-bond donors (Lipinski definition) is 2. The van der Waals surface area contributed by atoms with Gasteiger partial charge in [0.1, 0.15) is 5.75 Å². The molecule has 0 saturated carbocycles. The van der Waals surface area contributed by atoms with Crippen LogP contribution in [0.5, 0.6) is 5.75 Å². The van der Waals surface area contributed by atoms with Gasteiger partial charge in [-0.15, -0.1) is 0 Å². The Hall–Kier alpha value is -1.75. The number of para-hydroxylation sites is 1. The molecule has 1 fully saturated rings. The van der Waals surface area contributed by atoms with Crippen molar-refractivity contribution in [3.8, 4) is 5.75 Å². The normalized spacial score (nSPS) is 21.2. The van der Waals surface area contributed by atoms with Crippen molar-refractivity contribution < 1.29 is 9.53 Å². The maximum atomic E-state index is 12.1. The average Bonchev–Trinajstić information content (AvgIpc) is 2.63. The summed E-state index contributed by atoms with van der Waals surface area (Å²) in [5.74, 6) is 1.77. The van der Waals surface area contributed by atoms with Gasteiger partial charge in [0.2, 0.25) is 0 Å². The number of amides is 2. The summed E-state index contributed by atoms with van der Waals surface area (Å²) in [5, 5.41) is 6.08. The first-order valence-corrected chi connectivity index (χ1v) is 9.71. The lowest BCUT2D eigenvalue weighted by atomic mass is 9.99. The SMILES string of the molecule is CC1CCN(CCCCNC(=O)N[C@@H]2CCOc3ccccc32)CC1. The van der Waals surface area contributed by atoms with Crippen LogP contribution in [0.4, 0.5) is 4.79 Å². The first-order valence-electron chi connectivity index (χ1n) is 9.71. The number of urea groups is 1. The van der Waals surface area contributed by atoms with Crippen molar-refractivity contribution in [1.82, 2.24) is 15.5 Å². The molecule has 1 aromatic rings. The van der Waals surface area contributed by atoms with Crippen molar-refractivity contribution in [3.63, 3.8) is 0 Å². The predicted octanol–water partition coefficient (Wildman–Crippen LogP) is 3.32. The topological polar surface area (TPSA) is 53.6 Å². The van der Waals surface area contributed by atoms with E-state index in [0.717, 1.165) is 49.6 Å². The third kappa shape index (κ3) is 5.36. The van der Waals surface area contributed by atoms with Gasteiger partial charge in [0.15, 0.2) is 0 Å². The molecule has 5 heteroatoms. The second kappa shape index (κ2) is 9.09. The summed E-state index contributed by atoms with van der Waals surface area (Å²) in [5.41, 5.74) is 1.07. The molecule has 2 aliphatic rings. The van der Waals surface area contributed by atoms with Gasteiger partial charge in [0.05, 0.1) is 12.6 Å². The van der Waals surface area contributed by atoms with Crippen LogP contribution in [0.1, 0.15) is 50.6 Å². The zero-order valence-corrected chi connectivity index (χ0v) is 15.3. The molecule has 138 valence electrons. The zero-order valence-electron chi connectivity index (χ0n) is 15.3. The fourth-order valence-electron chi connectivity index (χ4n) is 3.65. The molecule has 1 saturated heterocycles. The minimum Gasteiger partial charge on any atom is -0.493 e. The van der Waals surface area contributed by atoms with E-state index in [1.54, 1.807) is 0 Å². The molecule has 25 heavy (non-hydrogen) atoms. The Morgan fingerprint density at radius 3 is 2.84 bits per heavy atom. The molecular formula is C20H31N3O2. The number of benzene rings is 1. The minimum atomic E-state index is -0.0755. The number of rotatable bonds is 6. The highest BCUT2D eigenvalue weighted by molar-refractivity contribution is 5.74. The molecule has 3 rings (SSSR count). The molecule has 2 heterocycles. The monoisotopic (exact) mass is 345 g/mol. The van der Waals surface area contributed by atoms with Crippen LogP contribution in [0.15, 0.2) is 24.3 Å². The molecule has 1 aromatic carbocycles. The van der Waals surface area contributed by atoms with E-state index in [1.165, 1.54) is 25.9 Å². The minimum absolute atomic E-state index is 0.0419. The third-order valence-electron chi connectivity index (χ3n) is 5.33. The van der Waals surface area contributed by atoms with Crippen LogP contribution in [0.3, 0.4) is 0 Å². The first kappa shape index (κ1) is 18.1. The van der Waals surface area contributed by atoms with Gasteiger partial charge < -0.3 is 20.3 Å². The molecular weight excluding hydrogens is 314 g/mol. The highest BCUT2D eigenvalue weighted by atomic mass is 16.5. The molecule has 1 atom stereocenters. The summed E-state index contributed by atoms with van der Waals surface area (Å²) in [4.78, 5) is 14.7. The largest absolute Gasteiger partial charge is 0.493 e. The van der Waals surface area contributed by atoms with E-state index in [9.17, 15) is 4.79 Å². The number of nitrogens with one attached hydrogen (secondary N) is 2. The number of ether oxygens (including phenoxy) is 1. The molecule has 0 unspecified atom stereocenters. The van der Waals surface area contributed by atoms with E-state index in [1.807, 2.05) is 24.3 Å². The van der Waals surface area contributed by atoms with Crippen LogP contribution in [0, 0.1) is 5.92 Å². The standard InChI is InChI=1S/C20H31N3O2/c1-16-8-13-23(14-9-16)12-5-4-11-21-20(24)22-18-10-15-25-19-7-3-2-6-17(18)19/h2-3,6-7,16,18H,4-5,8-15H2,1H3,(H2,21,22,24)/t18-/m1/s1. The maximum absolute atomic E-state index is 12.1. The van der Waals surface area contributed by atoms with Gasteiger partial charge in [-0.25, -0.2) is 4.79 Å². The number of piperidine rings is 1. The van der Waals surface area contributed by atoms with Gasteiger partial charge in [-0.1, -0.05) is 25.1 Å². The Morgan fingerprint density at radius 1 is 1.20 bits per heavy atom. The van der Waals surface area contributed by atoms with Crippen molar-refractivity contribution in [2.24, 2.45) is 5.92 Å². The van der Waals surface area contributed by atoms with Gasteiger partial charge in [0.25, 0.3) is 0 Å². The highest BCUT2D eigenvalue weighted by Crippen LogP contribution is 2.31. The number of unbranched alkanes of at least 4 members (excludes halogenated alkanes) is 1. The lowest BCUT2D eigenvalue weighted by Crippen LogP contribution is -2.40. The van der Waals surface area contributed by atoms with E-state index < -0.39 is 0 Å². The van der Waals surface area contributed by atoms with Crippen molar-refractivity contribution in [1.29, 1.82) is 0 Å². The van der Waals surface area contributed by atoms with Crippen LogP contribution < -0.4 is 15.4 Å². The lowest BCUT2D eigenvalue weighted by molar-refractivity contribution is 0.189. The Morgan fingerprint density at radius 2 is 2.00 bits per heavy atom. The van der Waals surface area contributed by atoms with Crippen molar-refractivity contribution >= 4 is 6.03 Å². The molecule has 0 aliphatic carbocycles. The molecule has 2 amide bonds. The Labute approximate surface area is 151 Å². The van der Waals surface area contributed by atoms with Crippen molar-refractivity contribution in [2.45, 2.75) is 45.1 Å². The highest BCUT2D eigenvalue weighted by Gasteiger charge is 2.22.